The summed E-state index contributed by atoms with van der Waals surface area (Å²) in [6.07, 6.45) is 1.31. The van der Waals surface area contributed by atoms with Crippen molar-refractivity contribution in [3.8, 4) is 5.88 Å². The highest BCUT2D eigenvalue weighted by molar-refractivity contribution is 7.89. The fourth-order valence-electron chi connectivity index (χ4n) is 1.93. The molecule has 1 fully saturated rings. The van der Waals surface area contributed by atoms with E-state index in [1.807, 2.05) is 6.92 Å². The van der Waals surface area contributed by atoms with Gasteiger partial charge in [-0.15, -0.1) is 12.4 Å². The van der Waals surface area contributed by atoms with Gasteiger partial charge in [0.2, 0.25) is 15.9 Å². The maximum Gasteiger partial charge on any atom is 0.244 e. The van der Waals surface area contributed by atoms with Crippen molar-refractivity contribution in [2.24, 2.45) is 11.7 Å². The molecule has 0 saturated carbocycles. The number of methoxy groups -OCH3 is 1. The minimum Gasteiger partial charge on any atom is -0.481 e. The van der Waals surface area contributed by atoms with Crippen LogP contribution in [0, 0.1) is 5.92 Å². The molecule has 1 aliphatic heterocycles. The van der Waals surface area contributed by atoms with Crippen molar-refractivity contribution in [3.63, 3.8) is 0 Å². The summed E-state index contributed by atoms with van der Waals surface area (Å²) in [4.78, 5) is 4.08. The zero-order valence-corrected chi connectivity index (χ0v) is 12.4. The molecule has 1 saturated heterocycles. The van der Waals surface area contributed by atoms with Crippen LogP contribution in [-0.2, 0) is 10.0 Å². The molecule has 0 aromatic carbocycles. The summed E-state index contributed by atoms with van der Waals surface area (Å²) in [5, 5.41) is 0. The molecule has 8 heteroatoms. The van der Waals surface area contributed by atoms with Gasteiger partial charge in [-0.25, -0.2) is 13.4 Å². The molecule has 0 bridgehead atoms. The monoisotopic (exact) mass is 307 g/mol. The van der Waals surface area contributed by atoms with E-state index in [0.717, 1.165) is 0 Å². The van der Waals surface area contributed by atoms with Crippen LogP contribution in [0.4, 0.5) is 0 Å². The number of rotatable bonds is 3. The molecule has 19 heavy (non-hydrogen) atoms. The van der Waals surface area contributed by atoms with Crippen LogP contribution in [0.25, 0.3) is 0 Å². The van der Waals surface area contributed by atoms with Gasteiger partial charge < -0.3 is 10.5 Å². The van der Waals surface area contributed by atoms with Crippen LogP contribution in [0.1, 0.15) is 6.92 Å². The lowest BCUT2D eigenvalue weighted by molar-refractivity contribution is 0.397. The fourth-order valence-corrected chi connectivity index (χ4v) is 3.46. The number of nitrogens with two attached hydrogens (primary N) is 1. The topological polar surface area (TPSA) is 85.5 Å². The van der Waals surface area contributed by atoms with E-state index in [1.165, 1.54) is 29.7 Å². The molecule has 2 heterocycles. The summed E-state index contributed by atoms with van der Waals surface area (Å²) in [7, 11) is -2.01. The molecule has 0 amide bonds. The fraction of sp³-hybridized carbons (Fsp3) is 0.545. The van der Waals surface area contributed by atoms with Gasteiger partial charge in [0.05, 0.1) is 13.3 Å². The SMILES string of the molecule is COc1ccc(S(=O)(=O)N2CC(C)C(N)C2)cn1.Cl. The second-order valence-electron chi connectivity index (χ2n) is 4.50. The first kappa shape index (κ1) is 16.2. The molecular weight excluding hydrogens is 290 g/mol. The van der Waals surface area contributed by atoms with Crippen molar-refractivity contribution >= 4 is 22.4 Å². The van der Waals surface area contributed by atoms with Crippen molar-refractivity contribution in [1.82, 2.24) is 9.29 Å². The third-order valence-electron chi connectivity index (χ3n) is 3.19. The van der Waals surface area contributed by atoms with Crippen LogP contribution in [0.2, 0.25) is 0 Å². The zero-order valence-electron chi connectivity index (χ0n) is 10.8. The van der Waals surface area contributed by atoms with Crippen LogP contribution < -0.4 is 10.5 Å². The summed E-state index contributed by atoms with van der Waals surface area (Å²) in [6.45, 7) is 2.76. The molecule has 6 nitrogen and oxygen atoms in total. The van der Waals surface area contributed by atoms with E-state index in [2.05, 4.69) is 4.98 Å². The number of sulfonamides is 1. The van der Waals surface area contributed by atoms with E-state index in [1.54, 1.807) is 0 Å². The first-order chi connectivity index (χ1) is 8.45. The number of aromatic nitrogens is 1. The Morgan fingerprint density at radius 1 is 1.42 bits per heavy atom. The predicted octanol–water partition coefficient (Wildman–Crippen LogP) is 0.480. The van der Waals surface area contributed by atoms with E-state index in [-0.39, 0.29) is 29.3 Å². The molecule has 0 spiro atoms. The van der Waals surface area contributed by atoms with Gasteiger partial charge in [0, 0.05) is 25.2 Å². The van der Waals surface area contributed by atoms with Gasteiger partial charge >= 0.3 is 0 Å². The van der Waals surface area contributed by atoms with Gasteiger partial charge in [-0.1, -0.05) is 6.92 Å². The molecule has 1 aromatic heterocycles. The Bertz CT molecular complexity index is 510. The summed E-state index contributed by atoms with van der Waals surface area (Å²) < 4.78 is 30.9. The van der Waals surface area contributed by atoms with Crippen molar-refractivity contribution in [1.29, 1.82) is 0 Å². The Kier molecular flexibility index (Phi) is 5.14. The van der Waals surface area contributed by atoms with Gasteiger partial charge in [0.1, 0.15) is 4.90 Å². The molecule has 0 radical (unpaired) electrons. The first-order valence-corrected chi connectivity index (χ1v) is 7.15. The van der Waals surface area contributed by atoms with Gasteiger partial charge in [0.15, 0.2) is 0 Å². The Hall–Kier alpha value is -0.890. The van der Waals surface area contributed by atoms with Crippen LogP contribution in [0.15, 0.2) is 23.2 Å². The summed E-state index contributed by atoms with van der Waals surface area (Å²) in [6, 6.07) is 2.92. The van der Waals surface area contributed by atoms with E-state index in [0.29, 0.717) is 19.0 Å². The molecule has 108 valence electrons. The third-order valence-corrected chi connectivity index (χ3v) is 5.01. The Balaban J connectivity index is 0.00000180. The third kappa shape index (κ3) is 3.17. The van der Waals surface area contributed by atoms with E-state index in [4.69, 9.17) is 10.5 Å². The standard InChI is InChI=1S/C11H17N3O3S.ClH/c1-8-6-14(7-10(8)12)18(15,16)9-3-4-11(17-2)13-5-9;/h3-5,8,10H,6-7,12H2,1-2H3;1H. The number of hydrogen-bond donors (Lipinski definition) is 1. The van der Waals surface area contributed by atoms with E-state index >= 15 is 0 Å². The number of ether oxygens (including phenoxy) is 1. The van der Waals surface area contributed by atoms with Crippen molar-refractivity contribution in [2.75, 3.05) is 20.2 Å². The molecule has 0 aliphatic carbocycles. The lowest BCUT2D eigenvalue weighted by Crippen LogP contribution is -2.32. The second-order valence-corrected chi connectivity index (χ2v) is 6.44. The van der Waals surface area contributed by atoms with Gasteiger partial charge in [-0.05, 0) is 12.0 Å². The minimum atomic E-state index is -3.49. The lowest BCUT2D eigenvalue weighted by atomic mass is 10.1. The van der Waals surface area contributed by atoms with E-state index < -0.39 is 10.0 Å². The van der Waals surface area contributed by atoms with Gasteiger partial charge in [0.25, 0.3) is 0 Å². The highest BCUT2D eigenvalue weighted by Crippen LogP contribution is 2.23. The molecule has 2 unspecified atom stereocenters. The number of halogens is 1. The van der Waals surface area contributed by atoms with Gasteiger partial charge in [-0.2, -0.15) is 4.31 Å². The number of pyridine rings is 1. The van der Waals surface area contributed by atoms with Crippen LogP contribution in [-0.4, -0.2) is 43.9 Å². The maximum absolute atomic E-state index is 12.3. The molecule has 1 aliphatic rings. The van der Waals surface area contributed by atoms with Crippen molar-refractivity contribution in [3.05, 3.63) is 18.3 Å². The second kappa shape index (κ2) is 6.04. The Labute approximate surface area is 119 Å². The summed E-state index contributed by atoms with van der Waals surface area (Å²) in [5.74, 6) is 0.562. The van der Waals surface area contributed by atoms with Crippen LogP contribution in [0.5, 0.6) is 5.88 Å². The number of nitrogens with zero attached hydrogens (tertiary/aromatic N) is 2. The largest absolute Gasteiger partial charge is 0.481 e. The molecular formula is C11H18ClN3O3S. The molecule has 2 N–H and O–H groups in total. The average molecular weight is 308 g/mol. The van der Waals surface area contributed by atoms with Crippen molar-refractivity contribution < 1.29 is 13.2 Å². The Morgan fingerprint density at radius 3 is 2.53 bits per heavy atom. The Morgan fingerprint density at radius 2 is 2.11 bits per heavy atom. The van der Waals surface area contributed by atoms with Crippen LogP contribution in [0.3, 0.4) is 0 Å². The maximum atomic E-state index is 12.3. The van der Waals surface area contributed by atoms with E-state index in [9.17, 15) is 8.42 Å². The molecule has 1 aromatic rings. The highest BCUT2D eigenvalue weighted by Gasteiger charge is 2.35. The molecule has 2 rings (SSSR count). The normalized spacial score (nSPS) is 23.9. The minimum absolute atomic E-state index is 0. The molecule has 2 atom stereocenters. The smallest absolute Gasteiger partial charge is 0.244 e. The summed E-state index contributed by atoms with van der Waals surface area (Å²) >= 11 is 0. The predicted molar refractivity (Wildman–Crippen MR) is 73.9 cm³/mol. The summed E-state index contributed by atoms with van der Waals surface area (Å²) in [5.41, 5.74) is 5.85. The van der Waals surface area contributed by atoms with Gasteiger partial charge in [-0.3, -0.25) is 0 Å². The lowest BCUT2D eigenvalue weighted by Gasteiger charge is -2.15. The zero-order chi connectivity index (χ0) is 13.3. The van der Waals surface area contributed by atoms with Crippen LogP contribution >= 0.6 is 12.4 Å². The average Bonchev–Trinajstić information content (AvgIpc) is 2.70. The number of hydrogen-bond acceptors (Lipinski definition) is 5. The highest BCUT2D eigenvalue weighted by atomic mass is 35.5. The van der Waals surface area contributed by atoms with Crippen molar-refractivity contribution in [2.45, 2.75) is 17.9 Å². The first-order valence-electron chi connectivity index (χ1n) is 5.71. The quantitative estimate of drug-likeness (QED) is 0.878.